The first-order chi connectivity index (χ1) is 18.1. The third-order valence-corrected chi connectivity index (χ3v) is 7.08. The summed E-state index contributed by atoms with van der Waals surface area (Å²) in [7, 11) is 1.59. The zero-order valence-electron chi connectivity index (χ0n) is 20.0. The highest BCUT2D eigenvalue weighted by atomic mass is 19.1. The molecule has 0 radical (unpaired) electrons. The Kier molecular flexibility index (Phi) is 5.50. The number of rotatable bonds is 5. The van der Waals surface area contributed by atoms with Crippen molar-refractivity contribution in [1.29, 1.82) is 0 Å². The van der Waals surface area contributed by atoms with Gasteiger partial charge in [0.2, 0.25) is 5.91 Å². The Labute approximate surface area is 213 Å². The van der Waals surface area contributed by atoms with Gasteiger partial charge in [-0.3, -0.25) is 14.4 Å². The molecule has 37 heavy (non-hydrogen) atoms. The summed E-state index contributed by atoms with van der Waals surface area (Å²) in [6.45, 7) is 0. The number of nitrogens with zero attached hydrogens (tertiary/aromatic N) is 2. The predicted molar refractivity (Wildman–Crippen MR) is 137 cm³/mol. The Morgan fingerprint density at radius 1 is 0.784 bits per heavy atom. The number of hydrogen-bond donors (Lipinski definition) is 0. The third-order valence-electron chi connectivity index (χ3n) is 7.08. The third kappa shape index (κ3) is 3.42. The van der Waals surface area contributed by atoms with E-state index in [0.29, 0.717) is 22.7 Å². The van der Waals surface area contributed by atoms with E-state index in [1.807, 2.05) is 84.9 Å². The number of para-hydroxylation sites is 1. The van der Waals surface area contributed by atoms with Crippen LogP contribution in [0.1, 0.15) is 17.2 Å². The molecule has 6 nitrogen and oxygen atoms in total. The number of hydroxylamine groups is 1. The summed E-state index contributed by atoms with van der Waals surface area (Å²) < 4.78 is 19.1. The van der Waals surface area contributed by atoms with E-state index in [9.17, 15) is 14.0 Å². The molecule has 4 aromatic carbocycles. The van der Waals surface area contributed by atoms with Crippen LogP contribution in [-0.2, 0) is 19.8 Å². The lowest BCUT2D eigenvalue weighted by atomic mass is 9.69. The maximum atomic E-state index is 14.6. The standard InChI is InChI=1S/C30H23FN2O4/c1-36-25-18-12-20(13-19-25)26-30(21-8-4-2-5-9-21)27(37-33(26)24-10-6-3-7-11-24)28(34)32(29(30)35)23-16-14-22(31)15-17-23/h2-19,26-27H,1H3/t26-,27-,30-/m0/s1. The van der Waals surface area contributed by atoms with Crippen LogP contribution in [0.15, 0.2) is 109 Å². The van der Waals surface area contributed by atoms with Gasteiger partial charge in [0.25, 0.3) is 5.91 Å². The minimum Gasteiger partial charge on any atom is -0.497 e. The zero-order valence-corrected chi connectivity index (χ0v) is 20.0. The van der Waals surface area contributed by atoms with E-state index in [2.05, 4.69) is 0 Å². The Hall–Kier alpha value is -4.49. The Bertz CT molecular complexity index is 1440. The van der Waals surface area contributed by atoms with Crippen LogP contribution in [0.3, 0.4) is 0 Å². The number of fused-ring (bicyclic) bond motifs is 1. The fraction of sp³-hybridized carbons (Fsp3) is 0.133. The van der Waals surface area contributed by atoms with E-state index in [0.717, 1.165) is 10.5 Å². The van der Waals surface area contributed by atoms with Crippen LogP contribution in [-0.4, -0.2) is 25.0 Å². The lowest BCUT2D eigenvalue weighted by Gasteiger charge is -2.35. The molecule has 2 aliphatic rings. The molecule has 2 amide bonds. The monoisotopic (exact) mass is 494 g/mol. The van der Waals surface area contributed by atoms with Gasteiger partial charge in [-0.1, -0.05) is 60.7 Å². The summed E-state index contributed by atoms with van der Waals surface area (Å²) in [6.07, 6.45) is -1.14. The fourth-order valence-corrected chi connectivity index (χ4v) is 5.41. The quantitative estimate of drug-likeness (QED) is 0.357. The highest BCUT2D eigenvalue weighted by Gasteiger charge is 2.72. The number of methoxy groups -OCH3 is 1. The SMILES string of the molecule is COc1ccc([C@@H]2N(c3ccccc3)O[C@H]3C(=O)N(c4ccc(F)cc4)C(=O)[C@@]23c2ccccc2)cc1. The average molecular weight is 495 g/mol. The van der Waals surface area contributed by atoms with Crippen LogP contribution in [0.4, 0.5) is 15.8 Å². The van der Waals surface area contributed by atoms with Crippen LogP contribution < -0.4 is 14.7 Å². The lowest BCUT2D eigenvalue weighted by Crippen LogP contribution is -2.46. The molecule has 4 aromatic rings. The van der Waals surface area contributed by atoms with E-state index in [-0.39, 0.29) is 0 Å². The van der Waals surface area contributed by atoms with Gasteiger partial charge in [0.15, 0.2) is 6.10 Å². The Balaban J connectivity index is 1.60. The normalized spacial score (nSPS) is 22.9. The first-order valence-corrected chi connectivity index (χ1v) is 11.9. The minimum atomic E-state index is -1.41. The Morgan fingerprint density at radius 3 is 2.03 bits per heavy atom. The molecule has 0 aromatic heterocycles. The smallest absolute Gasteiger partial charge is 0.267 e. The average Bonchev–Trinajstić information content (AvgIpc) is 3.41. The van der Waals surface area contributed by atoms with E-state index < -0.39 is 35.2 Å². The molecular weight excluding hydrogens is 471 g/mol. The largest absolute Gasteiger partial charge is 0.497 e. The van der Waals surface area contributed by atoms with Crippen LogP contribution in [0.2, 0.25) is 0 Å². The molecule has 0 spiro atoms. The van der Waals surface area contributed by atoms with Gasteiger partial charge < -0.3 is 4.74 Å². The zero-order chi connectivity index (χ0) is 25.6. The maximum absolute atomic E-state index is 14.6. The van der Waals surface area contributed by atoms with Gasteiger partial charge in [-0.05, 0) is 59.7 Å². The molecule has 0 N–H and O–H groups in total. The van der Waals surface area contributed by atoms with Gasteiger partial charge >= 0.3 is 0 Å². The van der Waals surface area contributed by atoms with Gasteiger partial charge in [-0.2, -0.15) is 0 Å². The summed E-state index contributed by atoms with van der Waals surface area (Å²) in [6, 6.07) is 30.7. The van der Waals surface area contributed by atoms with Crippen LogP contribution in [0.25, 0.3) is 0 Å². The number of hydrogen-bond acceptors (Lipinski definition) is 5. The predicted octanol–water partition coefficient (Wildman–Crippen LogP) is 5.21. The number of ether oxygens (including phenoxy) is 1. The van der Waals surface area contributed by atoms with Gasteiger partial charge in [-0.15, -0.1) is 0 Å². The van der Waals surface area contributed by atoms with Gasteiger partial charge in [0.05, 0.1) is 18.5 Å². The molecule has 6 rings (SSSR count). The summed E-state index contributed by atoms with van der Waals surface area (Å²) >= 11 is 0. The van der Waals surface area contributed by atoms with Crippen molar-refractivity contribution in [3.8, 4) is 5.75 Å². The van der Waals surface area contributed by atoms with E-state index in [1.54, 1.807) is 12.2 Å². The van der Waals surface area contributed by atoms with Crippen molar-refractivity contribution in [2.45, 2.75) is 17.6 Å². The van der Waals surface area contributed by atoms with Crippen molar-refractivity contribution in [2.75, 3.05) is 17.1 Å². The number of amides is 2. The Morgan fingerprint density at radius 2 is 1.41 bits per heavy atom. The number of carbonyl (C=O) groups excluding carboxylic acids is 2. The summed E-state index contributed by atoms with van der Waals surface area (Å²) in [5, 5.41) is 1.66. The minimum absolute atomic E-state index is 0.296. The molecule has 2 heterocycles. The molecule has 0 bridgehead atoms. The van der Waals surface area contributed by atoms with E-state index in [1.165, 1.54) is 24.3 Å². The highest BCUT2D eigenvalue weighted by Crippen LogP contribution is 2.57. The highest BCUT2D eigenvalue weighted by molar-refractivity contribution is 6.28. The number of halogens is 1. The molecule has 3 atom stereocenters. The van der Waals surface area contributed by atoms with E-state index in [4.69, 9.17) is 9.57 Å². The van der Waals surface area contributed by atoms with Gasteiger partial charge in [0.1, 0.15) is 23.0 Å². The molecule has 2 aliphatic heterocycles. The summed E-state index contributed by atoms with van der Waals surface area (Å²) in [4.78, 5) is 36.1. The number of carbonyl (C=O) groups is 2. The molecule has 2 fully saturated rings. The molecule has 0 unspecified atom stereocenters. The van der Waals surface area contributed by atoms with E-state index >= 15 is 0 Å². The van der Waals surface area contributed by atoms with Crippen molar-refractivity contribution < 1.29 is 23.6 Å². The van der Waals surface area contributed by atoms with Crippen molar-refractivity contribution in [2.24, 2.45) is 0 Å². The summed E-state index contributed by atoms with van der Waals surface area (Å²) in [5.41, 5.74) is 1.03. The second-order valence-corrected chi connectivity index (χ2v) is 9.01. The number of benzene rings is 4. The molecule has 0 aliphatic carbocycles. The van der Waals surface area contributed by atoms with Crippen molar-refractivity contribution in [3.63, 3.8) is 0 Å². The van der Waals surface area contributed by atoms with Crippen molar-refractivity contribution in [3.05, 3.63) is 126 Å². The summed E-state index contributed by atoms with van der Waals surface area (Å²) in [5.74, 6) is -0.721. The second-order valence-electron chi connectivity index (χ2n) is 9.01. The molecule has 2 saturated heterocycles. The van der Waals surface area contributed by atoms with Gasteiger partial charge in [-0.25, -0.2) is 14.4 Å². The lowest BCUT2D eigenvalue weighted by molar-refractivity contribution is -0.126. The second kappa shape index (κ2) is 8.87. The van der Waals surface area contributed by atoms with Crippen molar-refractivity contribution >= 4 is 23.2 Å². The first kappa shape index (κ1) is 22.9. The van der Waals surface area contributed by atoms with Crippen LogP contribution >= 0.6 is 0 Å². The molecule has 184 valence electrons. The number of anilines is 2. The topological polar surface area (TPSA) is 59.1 Å². The molecular formula is C30H23FN2O4. The van der Waals surface area contributed by atoms with Gasteiger partial charge in [0, 0.05) is 0 Å². The van der Waals surface area contributed by atoms with Crippen molar-refractivity contribution in [1.82, 2.24) is 0 Å². The first-order valence-electron chi connectivity index (χ1n) is 11.9. The fourth-order valence-electron chi connectivity index (χ4n) is 5.41. The number of imide groups is 1. The van der Waals surface area contributed by atoms with Crippen LogP contribution in [0.5, 0.6) is 5.75 Å². The molecule has 0 saturated carbocycles. The maximum Gasteiger partial charge on any atom is 0.267 e. The molecule has 7 heteroatoms. The van der Waals surface area contributed by atoms with Crippen LogP contribution in [0, 0.1) is 5.82 Å².